The third-order valence-electron chi connectivity index (χ3n) is 2.79. The third kappa shape index (κ3) is 3.49. The number of nitrogens with zero attached hydrogens (tertiary/aromatic N) is 2. The van der Waals surface area contributed by atoms with Gasteiger partial charge in [0.2, 0.25) is 14.2 Å². The van der Waals surface area contributed by atoms with Crippen LogP contribution >= 0.6 is 11.3 Å². The van der Waals surface area contributed by atoms with Crippen LogP contribution in [0.5, 0.6) is 0 Å². The van der Waals surface area contributed by atoms with Crippen LogP contribution in [0, 0.1) is 0 Å². The van der Waals surface area contributed by atoms with Gasteiger partial charge in [0.25, 0.3) is 0 Å². The molecule has 6 nitrogen and oxygen atoms in total. The Hall–Kier alpha value is -1.84. The number of carbonyl (C=O) groups is 1. The summed E-state index contributed by atoms with van der Waals surface area (Å²) in [6.07, 6.45) is 0.708. The summed E-state index contributed by atoms with van der Waals surface area (Å²) in [7, 11) is -1.39. The van der Waals surface area contributed by atoms with E-state index in [0.29, 0.717) is 16.7 Å². The summed E-state index contributed by atoms with van der Waals surface area (Å²) in [5.41, 5.74) is 0.561. The van der Waals surface area contributed by atoms with Crippen LogP contribution in [0.3, 0.4) is 0 Å². The van der Waals surface area contributed by atoms with Crippen molar-refractivity contribution in [1.29, 1.82) is 0 Å². The molecule has 0 atom stereocenters. The molecule has 0 spiro atoms. The lowest BCUT2D eigenvalue weighted by atomic mass is 10.3. The highest BCUT2D eigenvalue weighted by Crippen LogP contribution is 2.26. The van der Waals surface area contributed by atoms with Crippen LogP contribution in [-0.2, 0) is 19.5 Å². The Morgan fingerprint density at radius 3 is 2.77 bits per heavy atom. The van der Waals surface area contributed by atoms with Gasteiger partial charge >= 0.3 is 5.91 Å². The summed E-state index contributed by atoms with van der Waals surface area (Å²) in [6, 6.07) is 6.96. The smallest absolute Gasteiger partial charge is 0.274 e. The van der Waals surface area contributed by atoms with Gasteiger partial charge in [0.1, 0.15) is 0 Å². The van der Waals surface area contributed by atoms with Crippen LogP contribution in [0.15, 0.2) is 40.5 Å². The van der Waals surface area contributed by atoms with Crippen LogP contribution in [0.4, 0.5) is 4.39 Å². The number of para-hydroxylation sites is 1. The average Bonchev–Trinajstić information content (AvgIpc) is 2.96. The first kappa shape index (κ1) is 16.5. The number of hydroxylamine groups is 2. The Labute approximate surface area is 130 Å². The van der Waals surface area contributed by atoms with E-state index in [-0.39, 0.29) is 4.34 Å². The highest BCUT2D eigenvalue weighted by atomic mass is 32.2. The minimum absolute atomic E-state index is 0.106. The maximum atomic E-state index is 13.6. The second kappa shape index (κ2) is 6.51. The molecule has 0 fully saturated rings. The van der Waals surface area contributed by atoms with Crippen LogP contribution in [0.2, 0.25) is 0 Å². The highest BCUT2D eigenvalue weighted by molar-refractivity contribution is 7.93. The largest absolute Gasteiger partial charge is 0.305 e. The molecule has 0 saturated heterocycles. The van der Waals surface area contributed by atoms with Crippen LogP contribution in [0.25, 0.3) is 10.2 Å². The standard InChI is InChI=1S/C13H13FN2O4S2/c1-16(20-2)12(17)9(14)7-8-22(18,19)13-15-10-5-3-4-6-11(10)21-13/h3-7H,8H2,1-2H3/b9-7-. The van der Waals surface area contributed by atoms with E-state index in [2.05, 4.69) is 9.82 Å². The molecule has 2 rings (SSSR count). The summed E-state index contributed by atoms with van der Waals surface area (Å²) in [4.78, 5) is 20.0. The lowest BCUT2D eigenvalue weighted by Gasteiger charge is -2.11. The van der Waals surface area contributed by atoms with Gasteiger partial charge in [0.05, 0.1) is 23.1 Å². The number of rotatable bonds is 5. The predicted octanol–water partition coefficient (Wildman–Crippen LogP) is 1.94. The molecular weight excluding hydrogens is 331 g/mol. The lowest BCUT2D eigenvalue weighted by molar-refractivity contribution is -0.165. The fraction of sp³-hybridized carbons (Fsp3) is 0.231. The number of fused-ring (bicyclic) bond motifs is 1. The average molecular weight is 344 g/mol. The van der Waals surface area contributed by atoms with E-state index in [4.69, 9.17) is 0 Å². The Balaban J connectivity index is 2.22. The van der Waals surface area contributed by atoms with E-state index in [0.717, 1.165) is 16.0 Å². The van der Waals surface area contributed by atoms with Gasteiger partial charge in [-0.15, -0.1) is 11.3 Å². The van der Waals surface area contributed by atoms with Crippen molar-refractivity contribution in [2.45, 2.75) is 4.34 Å². The van der Waals surface area contributed by atoms with Gasteiger partial charge in [0.15, 0.2) is 5.83 Å². The zero-order chi connectivity index (χ0) is 16.3. The fourth-order valence-electron chi connectivity index (χ4n) is 1.56. The van der Waals surface area contributed by atoms with Gasteiger partial charge in [-0.05, 0) is 18.2 Å². The summed E-state index contributed by atoms with van der Waals surface area (Å²) in [5, 5.41) is 0.663. The van der Waals surface area contributed by atoms with Gasteiger partial charge < -0.3 is 0 Å². The van der Waals surface area contributed by atoms with Crippen molar-refractivity contribution < 1.29 is 22.4 Å². The molecular formula is C13H13FN2O4S2. The molecule has 118 valence electrons. The Morgan fingerprint density at radius 2 is 2.14 bits per heavy atom. The molecule has 0 aliphatic carbocycles. The lowest BCUT2D eigenvalue weighted by Crippen LogP contribution is -2.26. The van der Waals surface area contributed by atoms with Gasteiger partial charge in [-0.3, -0.25) is 9.63 Å². The molecule has 0 saturated carbocycles. The van der Waals surface area contributed by atoms with E-state index in [1.807, 2.05) is 0 Å². The summed E-state index contributed by atoms with van der Waals surface area (Å²) >= 11 is 1.00. The molecule has 1 amide bonds. The molecule has 1 aromatic carbocycles. The number of carbonyl (C=O) groups excluding carboxylic acids is 1. The quantitative estimate of drug-likeness (QED) is 0.612. The predicted molar refractivity (Wildman–Crippen MR) is 80.6 cm³/mol. The number of hydrogen-bond acceptors (Lipinski definition) is 6. The maximum Gasteiger partial charge on any atom is 0.305 e. The maximum absolute atomic E-state index is 13.6. The molecule has 0 aliphatic rings. The SMILES string of the molecule is CON(C)C(=O)/C(F)=C/CS(=O)(=O)c1nc2ccccc2s1. The van der Waals surface area contributed by atoms with E-state index < -0.39 is 27.3 Å². The molecule has 0 aliphatic heterocycles. The van der Waals surface area contributed by atoms with Crippen LogP contribution < -0.4 is 0 Å². The van der Waals surface area contributed by atoms with Crippen LogP contribution in [-0.4, -0.2) is 44.3 Å². The number of amides is 1. The summed E-state index contributed by atoms with van der Waals surface area (Å²) in [5.74, 6) is -2.90. The van der Waals surface area contributed by atoms with Crippen molar-refractivity contribution in [2.24, 2.45) is 0 Å². The van der Waals surface area contributed by atoms with E-state index in [1.165, 1.54) is 14.2 Å². The molecule has 0 N–H and O–H groups in total. The molecule has 1 heterocycles. The number of thiazole rings is 1. The minimum Gasteiger partial charge on any atom is -0.274 e. The minimum atomic E-state index is -3.80. The first-order chi connectivity index (χ1) is 10.3. The first-order valence-corrected chi connectivity index (χ1v) is 8.58. The van der Waals surface area contributed by atoms with Crippen molar-refractivity contribution in [3.05, 3.63) is 36.2 Å². The number of aromatic nitrogens is 1. The van der Waals surface area contributed by atoms with Crippen LogP contribution in [0.1, 0.15) is 0 Å². The zero-order valence-electron chi connectivity index (χ0n) is 11.8. The van der Waals surface area contributed by atoms with Crippen molar-refractivity contribution in [3.8, 4) is 0 Å². The summed E-state index contributed by atoms with van der Waals surface area (Å²) < 4.78 is 38.5. The molecule has 0 bridgehead atoms. The Kier molecular flexibility index (Phi) is 4.89. The van der Waals surface area contributed by atoms with E-state index in [1.54, 1.807) is 24.3 Å². The number of halogens is 1. The van der Waals surface area contributed by atoms with E-state index in [9.17, 15) is 17.6 Å². The Bertz CT molecular complexity index is 796. The second-order valence-corrected chi connectivity index (χ2v) is 7.50. The molecule has 0 unspecified atom stereocenters. The van der Waals surface area contributed by atoms with Gasteiger partial charge in [-0.25, -0.2) is 22.9 Å². The molecule has 0 radical (unpaired) electrons. The Morgan fingerprint density at radius 1 is 1.45 bits per heavy atom. The first-order valence-electron chi connectivity index (χ1n) is 6.11. The van der Waals surface area contributed by atoms with Crippen molar-refractivity contribution in [3.63, 3.8) is 0 Å². The fourth-order valence-corrected chi connectivity index (χ4v) is 3.98. The molecule has 9 heteroatoms. The van der Waals surface area contributed by atoms with Crippen molar-refractivity contribution in [2.75, 3.05) is 19.9 Å². The topological polar surface area (TPSA) is 76.6 Å². The number of likely N-dealkylation sites (N-methyl/N-ethyl adjacent to an activating group) is 1. The van der Waals surface area contributed by atoms with Crippen molar-refractivity contribution in [1.82, 2.24) is 10.0 Å². The van der Waals surface area contributed by atoms with Gasteiger partial charge in [-0.1, -0.05) is 12.1 Å². The normalized spacial score (nSPS) is 12.6. The van der Waals surface area contributed by atoms with E-state index >= 15 is 0 Å². The van der Waals surface area contributed by atoms with Gasteiger partial charge in [-0.2, -0.15) is 0 Å². The van der Waals surface area contributed by atoms with Gasteiger partial charge in [0, 0.05) is 7.05 Å². The molecule has 22 heavy (non-hydrogen) atoms. The second-order valence-electron chi connectivity index (χ2n) is 4.27. The highest BCUT2D eigenvalue weighted by Gasteiger charge is 2.21. The summed E-state index contributed by atoms with van der Waals surface area (Å²) in [6.45, 7) is 0. The third-order valence-corrected chi connectivity index (χ3v) is 5.86. The zero-order valence-corrected chi connectivity index (χ0v) is 13.4. The number of benzene rings is 1. The number of hydrogen-bond donors (Lipinski definition) is 0. The molecule has 2 aromatic rings. The molecule has 1 aromatic heterocycles. The number of sulfone groups is 1. The van der Waals surface area contributed by atoms with Crippen molar-refractivity contribution >= 4 is 37.3 Å². The monoisotopic (exact) mass is 344 g/mol.